The van der Waals surface area contributed by atoms with E-state index in [4.69, 9.17) is 5.11 Å². The van der Waals surface area contributed by atoms with E-state index in [2.05, 4.69) is 10.3 Å². The molecular weight excluding hydrogens is 200 g/mol. The van der Waals surface area contributed by atoms with Crippen LogP contribution in [0.25, 0.3) is 10.1 Å². The Morgan fingerprint density at radius 3 is 3.21 bits per heavy atom. The van der Waals surface area contributed by atoms with Crippen molar-refractivity contribution < 1.29 is 9.90 Å². The van der Waals surface area contributed by atoms with Crippen LogP contribution in [0.3, 0.4) is 0 Å². The Morgan fingerprint density at radius 1 is 1.57 bits per heavy atom. The summed E-state index contributed by atoms with van der Waals surface area (Å²) in [5.41, 5.74) is 0. The van der Waals surface area contributed by atoms with E-state index in [1.54, 1.807) is 17.5 Å². The molecule has 0 saturated carbocycles. The predicted molar refractivity (Wildman–Crippen MR) is 55.7 cm³/mol. The van der Waals surface area contributed by atoms with Gasteiger partial charge in [0.1, 0.15) is 12.4 Å². The van der Waals surface area contributed by atoms with Crippen molar-refractivity contribution in [3.8, 4) is 0 Å². The Balaban J connectivity index is 2.32. The highest BCUT2D eigenvalue weighted by Gasteiger charge is 2.03. The van der Waals surface area contributed by atoms with Crippen molar-refractivity contribution in [1.82, 2.24) is 4.98 Å². The minimum Gasteiger partial charge on any atom is -0.480 e. The number of fused-ring (bicyclic) bond motifs is 1. The number of nitrogens with zero attached hydrogens (tertiary/aromatic N) is 1. The molecule has 2 rings (SSSR count). The van der Waals surface area contributed by atoms with E-state index in [-0.39, 0.29) is 6.54 Å². The Morgan fingerprint density at radius 2 is 2.43 bits per heavy atom. The van der Waals surface area contributed by atoms with Gasteiger partial charge in [0, 0.05) is 16.3 Å². The fourth-order valence-corrected chi connectivity index (χ4v) is 1.98. The summed E-state index contributed by atoms with van der Waals surface area (Å²) in [6, 6.07) is 3.84. The summed E-state index contributed by atoms with van der Waals surface area (Å²) in [4.78, 5) is 14.4. The van der Waals surface area contributed by atoms with Gasteiger partial charge < -0.3 is 10.4 Å². The zero-order chi connectivity index (χ0) is 9.97. The number of carbonyl (C=O) groups is 1. The van der Waals surface area contributed by atoms with Crippen molar-refractivity contribution in [3.05, 3.63) is 23.7 Å². The third kappa shape index (κ3) is 1.67. The molecule has 0 radical (unpaired) electrons. The zero-order valence-electron chi connectivity index (χ0n) is 7.23. The average molecular weight is 208 g/mol. The number of anilines is 1. The average Bonchev–Trinajstić information content (AvgIpc) is 2.62. The van der Waals surface area contributed by atoms with E-state index >= 15 is 0 Å². The number of rotatable bonds is 3. The lowest BCUT2D eigenvalue weighted by molar-refractivity contribution is -0.134. The summed E-state index contributed by atoms with van der Waals surface area (Å²) in [5.74, 6) is -0.259. The Labute approximate surface area is 84.2 Å². The molecular formula is C9H8N2O2S. The predicted octanol–water partition coefficient (Wildman–Crippen LogP) is 1.79. The number of aliphatic carboxylic acids is 1. The van der Waals surface area contributed by atoms with Crippen LogP contribution in [0, 0.1) is 0 Å². The number of carboxylic acids is 1. The maximum atomic E-state index is 10.4. The Bertz CT molecular complexity index is 467. The molecule has 0 spiro atoms. The van der Waals surface area contributed by atoms with Crippen LogP contribution in [0.4, 0.5) is 5.82 Å². The SMILES string of the molecule is O=C(O)CNc1nccc2sccc12. The monoisotopic (exact) mass is 208 g/mol. The highest BCUT2D eigenvalue weighted by molar-refractivity contribution is 7.17. The molecule has 72 valence electrons. The molecule has 0 saturated heterocycles. The van der Waals surface area contributed by atoms with Crippen LogP contribution in [0.2, 0.25) is 0 Å². The largest absolute Gasteiger partial charge is 0.480 e. The van der Waals surface area contributed by atoms with Crippen LogP contribution < -0.4 is 5.32 Å². The summed E-state index contributed by atoms with van der Waals surface area (Å²) in [5, 5.41) is 14.2. The molecule has 14 heavy (non-hydrogen) atoms. The number of thiophene rings is 1. The second-order valence-corrected chi connectivity index (χ2v) is 3.69. The number of pyridine rings is 1. The summed E-state index contributed by atoms with van der Waals surface area (Å²) in [7, 11) is 0. The summed E-state index contributed by atoms with van der Waals surface area (Å²) in [6.45, 7) is -0.109. The van der Waals surface area contributed by atoms with Crippen molar-refractivity contribution in [1.29, 1.82) is 0 Å². The second kappa shape index (κ2) is 3.63. The molecule has 0 aliphatic carbocycles. The van der Waals surface area contributed by atoms with Crippen molar-refractivity contribution >= 4 is 33.2 Å². The topological polar surface area (TPSA) is 62.2 Å². The van der Waals surface area contributed by atoms with Crippen LogP contribution in [-0.2, 0) is 4.79 Å². The number of aromatic nitrogens is 1. The lowest BCUT2D eigenvalue weighted by atomic mass is 10.3. The van der Waals surface area contributed by atoms with E-state index in [0.29, 0.717) is 5.82 Å². The van der Waals surface area contributed by atoms with Gasteiger partial charge in [-0.15, -0.1) is 11.3 Å². The highest BCUT2D eigenvalue weighted by Crippen LogP contribution is 2.25. The maximum absolute atomic E-state index is 10.4. The molecule has 0 unspecified atom stereocenters. The van der Waals surface area contributed by atoms with Gasteiger partial charge >= 0.3 is 5.97 Å². The molecule has 0 atom stereocenters. The quantitative estimate of drug-likeness (QED) is 0.807. The normalized spacial score (nSPS) is 10.3. The standard InChI is InChI=1S/C9H8N2O2S/c12-8(13)5-11-9-6-2-4-14-7(6)1-3-10-9/h1-4H,5H2,(H,10,11)(H,12,13). The maximum Gasteiger partial charge on any atom is 0.322 e. The summed E-state index contributed by atoms with van der Waals surface area (Å²) in [6.07, 6.45) is 1.67. The van der Waals surface area contributed by atoms with Crippen LogP contribution in [0.5, 0.6) is 0 Å². The van der Waals surface area contributed by atoms with Crippen molar-refractivity contribution in [2.24, 2.45) is 0 Å². The van der Waals surface area contributed by atoms with Crippen molar-refractivity contribution in [3.63, 3.8) is 0 Å². The van der Waals surface area contributed by atoms with E-state index in [0.717, 1.165) is 10.1 Å². The number of carboxylic acid groups (broad SMARTS) is 1. The third-order valence-electron chi connectivity index (χ3n) is 1.79. The summed E-state index contributed by atoms with van der Waals surface area (Å²) < 4.78 is 1.10. The Hall–Kier alpha value is -1.62. The highest BCUT2D eigenvalue weighted by atomic mass is 32.1. The van der Waals surface area contributed by atoms with E-state index in [9.17, 15) is 4.79 Å². The van der Waals surface area contributed by atoms with E-state index in [1.807, 2.05) is 17.5 Å². The summed E-state index contributed by atoms with van der Waals surface area (Å²) >= 11 is 1.61. The molecule has 2 N–H and O–H groups in total. The molecule has 0 fully saturated rings. The van der Waals surface area contributed by atoms with Gasteiger partial charge in [0.25, 0.3) is 0 Å². The van der Waals surface area contributed by atoms with Gasteiger partial charge in [0.05, 0.1) is 0 Å². The molecule has 5 heteroatoms. The number of hydrogen-bond donors (Lipinski definition) is 2. The van der Waals surface area contributed by atoms with Gasteiger partial charge in [-0.3, -0.25) is 4.79 Å². The minimum atomic E-state index is -0.890. The van der Waals surface area contributed by atoms with Crippen molar-refractivity contribution in [2.75, 3.05) is 11.9 Å². The van der Waals surface area contributed by atoms with Crippen LogP contribution in [0.15, 0.2) is 23.7 Å². The van der Waals surface area contributed by atoms with E-state index in [1.165, 1.54) is 0 Å². The van der Waals surface area contributed by atoms with Gasteiger partial charge in [0.15, 0.2) is 0 Å². The zero-order valence-corrected chi connectivity index (χ0v) is 8.04. The van der Waals surface area contributed by atoms with Crippen LogP contribution in [0.1, 0.15) is 0 Å². The first-order chi connectivity index (χ1) is 6.77. The molecule has 0 aliphatic rings. The van der Waals surface area contributed by atoms with Gasteiger partial charge in [-0.1, -0.05) is 0 Å². The molecule has 2 aromatic rings. The van der Waals surface area contributed by atoms with Gasteiger partial charge in [-0.05, 0) is 17.5 Å². The second-order valence-electron chi connectivity index (χ2n) is 2.74. The Kier molecular flexibility index (Phi) is 2.32. The smallest absolute Gasteiger partial charge is 0.322 e. The first-order valence-corrected chi connectivity index (χ1v) is 4.93. The first kappa shape index (κ1) is 8.96. The number of nitrogens with one attached hydrogen (secondary N) is 1. The third-order valence-corrected chi connectivity index (χ3v) is 2.67. The molecule has 0 aromatic carbocycles. The van der Waals surface area contributed by atoms with Crippen LogP contribution in [-0.4, -0.2) is 22.6 Å². The first-order valence-electron chi connectivity index (χ1n) is 4.05. The van der Waals surface area contributed by atoms with Gasteiger partial charge in [0.2, 0.25) is 0 Å². The van der Waals surface area contributed by atoms with Gasteiger partial charge in [-0.25, -0.2) is 4.98 Å². The fraction of sp³-hybridized carbons (Fsp3) is 0.111. The molecule has 0 aliphatic heterocycles. The van der Waals surface area contributed by atoms with Crippen LogP contribution >= 0.6 is 11.3 Å². The lowest BCUT2D eigenvalue weighted by Crippen LogP contribution is -2.13. The lowest BCUT2D eigenvalue weighted by Gasteiger charge is -2.02. The van der Waals surface area contributed by atoms with Crippen molar-refractivity contribution in [2.45, 2.75) is 0 Å². The molecule has 0 amide bonds. The molecule has 2 heterocycles. The molecule has 0 bridgehead atoms. The number of hydrogen-bond acceptors (Lipinski definition) is 4. The molecule has 4 nitrogen and oxygen atoms in total. The van der Waals surface area contributed by atoms with Gasteiger partial charge in [-0.2, -0.15) is 0 Å². The molecule has 2 aromatic heterocycles. The van der Waals surface area contributed by atoms with E-state index < -0.39 is 5.97 Å². The minimum absolute atomic E-state index is 0.109. The fourth-order valence-electron chi connectivity index (χ4n) is 1.19.